The Hall–Kier alpha value is -1.81. The molecule has 0 amide bonds. The van der Waals surface area contributed by atoms with E-state index in [2.05, 4.69) is 29.3 Å². The fourth-order valence-corrected chi connectivity index (χ4v) is 5.52. The molecule has 2 aromatic rings. The van der Waals surface area contributed by atoms with Crippen molar-refractivity contribution in [1.82, 2.24) is 9.88 Å². The van der Waals surface area contributed by atoms with Crippen molar-refractivity contribution in [3.63, 3.8) is 0 Å². The molecule has 1 aromatic heterocycles. The minimum absolute atomic E-state index is 0.608. The Morgan fingerprint density at radius 3 is 2.66 bits per heavy atom. The molecule has 0 atom stereocenters. The fraction of sp³-hybridized carbons (Fsp3) is 0.640. The first-order valence-electron chi connectivity index (χ1n) is 11.9. The lowest BCUT2D eigenvalue weighted by molar-refractivity contribution is 0.262. The van der Waals surface area contributed by atoms with E-state index in [0.717, 1.165) is 36.7 Å². The van der Waals surface area contributed by atoms with Crippen LogP contribution >= 0.6 is 0 Å². The van der Waals surface area contributed by atoms with Crippen LogP contribution in [0.5, 0.6) is 5.75 Å². The average Bonchev–Trinajstić information content (AvgIpc) is 3.48. The second-order valence-electron chi connectivity index (χ2n) is 9.28. The van der Waals surface area contributed by atoms with E-state index in [1.165, 1.54) is 93.0 Å². The third-order valence-electron chi connectivity index (χ3n) is 7.13. The van der Waals surface area contributed by atoms with Crippen LogP contribution in [0.1, 0.15) is 68.1 Å². The minimum Gasteiger partial charge on any atom is -0.493 e. The third kappa shape index (κ3) is 4.09. The van der Waals surface area contributed by atoms with Crippen LogP contribution < -0.4 is 10.1 Å². The van der Waals surface area contributed by atoms with Crippen LogP contribution in [0.25, 0.3) is 10.9 Å². The number of likely N-dealkylation sites (tertiary alicyclic amines) is 1. The first-order chi connectivity index (χ1) is 14.3. The maximum absolute atomic E-state index is 6.21. The van der Waals surface area contributed by atoms with E-state index in [-0.39, 0.29) is 0 Å². The van der Waals surface area contributed by atoms with E-state index in [4.69, 9.17) is 9.72 Å². The molecule has 0 bridgehead atoms. The smallest absolute Gasteiger partial charge is 0.130 e. The molecule has 0 spiro atoms. The van der Waals surface area contributed by atoms with Gasteiger partial charge in [-0.3, -0.25) is 0 Å². The van der Waals surface area contributed by atoms with Gasteiger partial charge in [-0.05, 0) is 94.1 Å². The number of aryl methyl sites for hydroxylation is 2. The van der Waals surface area contributed by atoms with E-state index < -0.39 is 0 Å². The SMILES string of the molecule is Cc1cc2c3c(c(NC4CCCC4)nc2cc1OCCCN1CCCC1)CCC3. The number of aromatic nitrogens is 1. The summed E-state index contributed by atoms with van der Waals surface area (Å²) in [5.41, 5.74) is 5.35. The molecule has 2 aliphatic carbocycles. The van der Waals surface area contributed by atoms with Crippen LogP contribution in [0.2, 0.25) is 0 Å². The molecule has 29 heavy (non-hydrogen) atoms. The van der Waals surface area contributed by atoms with Crippen molar-refractivity contribution < 1.29 is 4.74 Å². The van der Waals surface area contributed by atoms with E-state index >= 15 is 0 Å². The highest BCUT2D eigenvalue weighted by atomic mass is 16.5. The van der Waals surface area contributed by atoms with Crippen molar-refractivity contribution in [1.29, 1.82) is 0 Å². The highest BCUT2D eigenvalue weighted by Crippen LogP contribution is 2.37. The van der Waals surface area contributed by atoms with Gasteiger partial charge in [0.2, 0.25) is 0 Å². The first-order valence-corrected chi connectivity index (χ1v) is 11.9. The lowest BCUT2D eigenvalue weighted by Crippen LogP contribution is -2.22. The number of hydrogen-bond donors (Lipinski definition) is 1. The monoisotopic (exact) mass is 393 g/mol. The summed E-state index contributed by atoms with van der Waals surface area (Å²) in [5, 5.41) is 5.14. The first kappa shape index (κ1) is 19.2. The molecule has 1 saturated heterocycles. The van der Waals surface area contributed by atoms with E-state index in [1.807, 2.05) is 0 Å². The van der Waals surface area contributed by atoms with Crippen LogP contribution in [-0.2, 0) is 12.8 Å². The molecule has 2 fully saturated rings. The molecule has 4 nitrogen and oxygen atoms in total. The zero-order valence-corrected chi connectivity index (χ0v) is 17.9. The molecular formula is C25H35N3O. The van der Waals surface area contributed by atoms with Gasteiger partial charge in [-0.25, -0.2) is 4.98 Å². The third-order valence-corrected chi connectivity index (χ3v) is 7.13. The van der Waals surface area contributed by atoms with Gasteiger partial charge in [0.05, 0.1) is 12.1 Å². The van der Waals surface area contributed by atoms with Gasteiger partial charge in [0, 0.05) is 24.0 Å². The lowest BCUT2D eigenvalue weighted by atomic mass is 10.0. The van der Waals surface area contributed by atoms with E-state index in [9.17, 15) is 0 Å². The van der Waals surface area contributed by atoms with Crippen molar-refractivity contribution in [2.24, 2.45) is 0 Å². The molecule has 2 heterocycles. The molecule has 3 aliphatic rings. The molecule has 0 radical (unpaired) electrons. The Balaban J connectivity index is 1.35. The summed E-state index contributed by atoms with van der Waals surface area (Å²) in [7, 11) is 0. The second-order valence-corrected chi connectivity index (χ2v) is 9.28. The zero-order valence-electron chi connectivity index (χ0n) is 17.9. The summed E-state index contributed by atoms with van der Waals surface area (Å²) in [6, 6.07) is 5.12. The normalized spacial score (nSPS) is 19.9. The maximum Gasteiger partial charge on any atom is 0.130 e. The van der Waals surface area contributed by atoms with Crippen molar-refractivity contribution in [3.05, 3.63) is 28.8 Å². The number of pyridine rings is 1. The molecule has 156 valence electrons. The number of ether oxygens (including phenoxy) is 1. The number of nitrogens with zero attached hydrogens (tertiary/aromatic N) is 2. The number of rotatable bonds is 7. The number of nitrogens with one attached hydrogen (secondary N) is 1. The molecule has 1 aliphatic heterocycles. The molecule has 1 aromatic carbocycles. The number of fused-ring (bicyclic) bond motifs is 3. The van der Waals surface area contributed by atoms with Crippen molar-refractivity contribution in [2.75, 3.05) is 31.6 Å². The topological polar surface area (TPSA) is 37.4 Å². The summed E-state index contributed by atoms with van der Waals surface area (Å²) in [4.78, 5) is 7.66. The summed E-state index contributed by atoms with van der Waals surface area (Å²) < 4.78 is 6.21. The van der Waals surface area contributed by atoms with Gasteiger partial charge in [0.25, 0.3) is 0 Å². The zero-order chi connectivity index (χ0) is 19.6. The van der Waals surface area contributed by atoms with Gasteiger partial charge >= 0.3 is 0 Å². The Morgan fingerprint density at radius 2 is 1.83 bits per heavy atom. The molecular weight excluding hydrogens is 358 g/mol. The van der Waals surface area contributed by atoms with Crippen molar-refractivity contribution in [2.45, 2.75) is 77.2 Å². The van der Waals surface area contributed by atoms with Crippen LogP contribution in [-0.4, -0.2) is 42.2 Å². The predicted molar refractivity (Wildman–Crippen MR) is 120 cm³/mol. The van der Waals surface area contributed by atoms with Gasteiger partial charge in [-0.1, -0.05) is 12.8 Å². The predicted octanol–water partition coefficient (Wildman–Crippen LogP) is 5.25. The fourth-order valence-electron chi connectivity index (χ4n) is 5.52. The highest BCUT2D eigenvalue weighted by molar-refractivity contribution is 5.88. The van der Waals surface area contributed by atoms with E-state index in [1.54, 1.807) is 0 Å². The summed E-state index contributed by atoms with van der Waals surface area (Å²) in [6.07, 6.45) is 12.7. The standard InChI is InChI=1S/C25H35N3O/c1-18-16-22-20-10-6-11-21(20)25(26-19-8-2-3-9-19)27-23(22)17-24(18)29-15-7-14-28-12-4-5-13-28/h16-17,19H,2-15H2,1H3,(H,26,27). The van der Waals surface area contributed by atoms with Gasteiger partial charge < -0.3 is 15.0 Å². The number of hydrogen-bond acceptors (Lipinski definition) is 4. The van der Waals surface area contributed by atoms with Gasteiger partial charge in [0.1, 0.15) is 11.6 Å². The molecule has 1 saturated carbocycles. The van der Waals surface area contributed by atoms with Gasteiger partial charge in [-0.2, -0.15) is 0 Å². The Labute approximate surface area is 175 Å². The Bertz CT molecular complexity index is 866. The molecule has 4 heteroatoms. The second kappa shape index (κ2) is 8.51. The number of anilines is 1. The van der Waals surface area contributed by atoms with Gasteiger partial charge in [0.15, 0.2) is 0 Å². The van der Waals surface area contributed by atoms with Gasteiger partial charge in [-0.15, -0.1) is 0 Å². The quantitative estimate of drug-likeness (QED) is 0.652. The Morgan fingerprint density at radius 1 is 1.03 bits per heavy atom. The summed E-state index contributed by atoms with van der Waals surface area (Å²) >= 11 is 0. The highest BCUT2D eigenvalue weighted by Gasteiger charge is 2.23. The Kier molecular flexibility index (Phi) is 5.63. The summed E-state index contributed by atoms with van der Waals surface area (Å²) in [5.74, 6) is 2.16. The number of benzene rings is 1. The molecule has 0 unspecified atom stereocenters. The average molecular weight is 394 g/mol. The summed E-state index contributed by atoms with van der Waals surface area (Å²) in [6.45, 7) is 6.66. The van der Waals surface area contributed by atoms with Crippen LogP contribution in [0, 0.1) is 6.92 Å². The van der Waals surface area contributed by atoms with Crippen LogP contribution in [0.15, 0.2) is 12.1 Å². The maximum atomic E-state index is 6.21. The van der Waals surface area contributed by atoms with Crippen LogP contribution in [0.3, 0.4) is 0 Å². The largest absolute Gasteiger partial charge is 0.493 e. The minimum atomic E-state index is 0.608. The van der Waals surface area contributed by atoms with Crippen LogP contribution in [0.4, 0.5) is 5.82 Å². The molecule has 1 N–H and O–H groups in total. The van der Waals surface area contributed by atoms with Crippen molar-refractivity contribution >= 4 is 16.7 Å². The van der Waals surface area contributed by atoms with Crippen molar-refractivity contribution in [3.8, 4) is 5.75 Å². The lowest BCUT2D eigenvalue weighted by Gasteiger charge is -2.19. The van der Waals surface area contributed by atoms with E-state index in [0.29, 0.717) is 6.04 Å². The molecule has 5 rings (SSSR count).